The van der Waals surface area contributed by atoms with E-state index >= 15 is 0 Å². The number of amides is 2. The Morgan fingerprint density at radius 3 is 2.16 bits per heavy atom. The fourth-order valence-corrected chi connectivity index (χ4v) is 1.30. The number of carbonyl (C=O) groups excluding carboxylic acids is 2. The Labute approximate surface area is 113 Å². The molecule has 0 spiro atoms. The van der Waals surface area contributed by atoms with Crippen molar-refractivity contribution < 1.29 is 9.59 Å². The zero-order valence-corrected chi connectivity index (χ0v) is 11.8. The molecule has 0 aromatic heterocycles. The van der Waals surface area contributed by atoms with Gasteiger partial charge in [-0.1, -0.05) is 19.4 Å². The van der Waals surface area contributed by atoms with Crippen molar-refractivity contribution >= 4 is 17.5 Å². The van der Waals surface area contributed by atoms with Crippen molar-refractivity contribution in [3.63, 3.8) is 0 Å². The standard InChI is InChI=1S/C15H20N2O2/c1-10(2)11(3)9-16-15(19)17-14-7-5-13(6-8-14)12(4)18/h5-10H,1-4H3,(H2,16,17,19)/b11-9+. The molecule has 0 aliphatic rings. The van der Waals surface area contributed by atoms with Crippen LogP contribution in [0.1, 0.15) is 38.1 Å². The van der Waals surface area contributed by atoms with E-state index in [1.807, 2.05) is 6.92 Å². The summed E-state index contributed by atoms with van der Waals surface area (Å²) in [5.74, 6) is 0.404. The molecule has 0 saturated carbocycles. The van der Waals surface area contributed by atoms with Gasteiger partial charge in [0, 0.05) is 17.5 Å². The lowest BCUT2D eigenvalue weighted by Crippen LogP contribution is -2.24. The number of ketones is 1. The van der Waals surface area contributed by atoms with Crippen LogP contribution in [0.25, 0.3) is 0 Å². The van der Waals surface area contributed by atoms with Gasteiger partial charge in [-0.05, 0) is 44.0 Å². The number of benzene rings is 1. The van der Waals surface area contributed by atoms with Gasteiger partial charge in [-0.2, -0.15) is 0 Å². The summed E-state index contributed by atoms with van der Waals surface area (Å²) in [6.45, 7) is 7.60. The lowest BCUT2D eigenvalue weighted by Gasteiger charge is -2.08. The highest BCUT2D eigenvalue weighted by molar-refractivity contribution is 5.95. The third-order valence-electron chi connectivity index (χ3n) is 2.89. The summed E-state index contributed by atoms with van der Waals surface area (Å²) in [4.78, 5) is 22.7. The molecular formula is C15H20N2O2. The second-order valence-corrected chi connectivity index (χ2v) is 4.78. The maximum atomic E-state index is 11.6. The molecule has 4 nitrogen and oxygen atoms in total. The van der Waals surface area contributed by atoms with Crippen LogP contribution in [0.3, 0.4) is 0 Å². The fourth-order valence-electron chi connectivity index (χ4n) is 1.30. The molecule has 0 atom stereocenters. The Morgan fingerprint density at radius 2 is 1.68 bits per heavy atom. The first-order chi connectivity index (χ1) is 8.90. The highest BCUT2D eigenvalue weighted by Gasteiger charge is 2.02. The van der Waals surface area contributed by atoms with E-state index in [-0.39, 0.29) is 11.8 Å². The number of anilines is 1. The molecule has 0 heterocycles. The molecule has 0 aliphatic heterocycles. The number of allylic oxidation sites excluding steroid dienone is 1. The first-order valence-electron chi connectivity index (χ1n) is 6.25. The van der Waals surface area contributed by atoms with Gasteiger partial charge in [0.15, 0.2) is 5.78 Å². The van der Waals surface area contributed by atoms with E-state index < -0.39 is 0 Å². The van der Waals surface area contributed by atoms with Crippen molar-refractivity contribution in [1.82, 2.24) is 5.32 Å². The smallest absolute Gasteiger partial charge is 0.314 e. The molecule has 0 saturated heterocycles. The average Bonchev–Trinajstić information content (AvgIpc) is 2.36. The van der Waals surface area contributed by atoms with Crippen LogP contribution in [0.4, 0.5) is 10.5 Å². The molecule has 1 aromatic rings. The number of Topliss-reactive ketones (excluding diaryl/α,β-unsaturated/α-hetero) is 1. The predicted octanol–water partition coefficient (Wildman–Crippen LogP) is 3.57. The third kappa shape index (κ3) is 4.95. The Kier molecular flexibility index (Phi) is 5.30. The van der Waals surface area contributed by atoms with Crippen LogP contribution in [0.5, 0.6) is 0 Å². The van der Waals surface area contributed by atoms with Gasteiger partial charge in [0.25, 0.3) is 0 Å². The second-order valence-electron chi connectivity index (χ2n) is 4.78. The van der Waals surface area contributed by atoms with Crippen molar-refractivity contribution in [2.45, 2.75) is 27.7 Å². The summed E-state index contributed by atoms with van der Waals surface area (Å²) < 4.78 is 0. The molecule has 0 aliphatic carbocycles. The fraction of sp³-hybridized carbons (Fsp3) is 0.333. The van der Waals surface area contributed by atoms with E-state index in [2.05, 4.69) is 24.5 Å². The molecule has 2 N–H and O–H groups in total. The lowest BCUT2D eigenvalue weighted by molar-refractivity contribution is 0.101. The van der Waals surface area contributed by atoms with E-state index in [9.17, 15) is 9.59 Å². The molecule has 0 radical (unpaired) electrons. The van der Waals surface area contributed by atoms with Crippen molar-refractivity contribution in [1.29, 1.82) is 0 Å². The molecule has 0 fully saturated rings. The number of nitrogens with one attached hydrogen (secondary N) is 2. The van der Waals surface area contributed by atoms with Crippen LogP contribution in [0.2, 0.25) is 0 Å². The number of urea groups is 1. The molecule has 19 heavy (non-hydrogen) atoms. The monoisotopic (exact) mass is 260 g/mol. The lowest BCUT2D eigenvalue weighted by atomic mass is 10.1. The van der Waals surface area contributed by atoms with Crippen LogP contribution in [0, 0.1) is 5.92 Å². The molecule has 0 unspecified atom stereocenters. The zero-order chi connectivity index (χ0) is 14.4. The summed E-state index contributed by atoms with van der Waals surface area (Å²) in [5.41, 5.74) is 2.38. The molecule has 1 rings (SSSR count). The first kappa shape index (κ1) is 15.0. The van der Waals surface area contributed by atoms with Crippen LogP contribution in [-0.2, 0) is 0 Å². The number of hydrogen-bond acceptors (Lipinski definition) is 2. The van der Waals surface area contributed by atoms with Gasteiger partial charge < -0.3 is 10.6 Å². The minimum Gasteiger partial charge on any atom is -0.314 e. The van der Waals surface area contributed by atoms with Crippen molar-refractivity contribution in [3.8, 4) is 0 Å². The summed E-state index contributed by atoms with van der Waals surface area (Å²) in [5, 5.41) is 5.37. The average molecular weight is 260 g/mol. The minimum atomic E-state index is -0.296. The van der Waals surface area contributed by atoms with Crippen molar-refractivity contribution in [2.75, 3.05) is 5.32 Å². The van der Waals surface area contributed by atoms with Crippen molar-refractivity contribution in [2.24, 2.45) is 5.92 Å². The van der Waals surface area contributed by atoms with E-state index in [0.717, 1.165) is 5.57 Å². The Bertz CT molecular complexity index is 487. The van der Waals surface area contributed by atoms with Gasteiger partial charge in [0.2, 0.25) is 0 Å². The molecule has 4 heteroatoms. The molecule has 1 aromatic carbocycles. The van der Waals surface area contributed by atoms with Crippen LogP contribution in [-0.4, -0.2) is 11.8 Å². The maximum absolute atomic E-state index is 11.6. The number of hydrogen-bond donors (Lipinski definition) is 2. The van der Waals surface area contributed by atoms with Crippen LogP contribution >= 0.6 is 0 Å². The summed E-state index contributed by atoms with van der Waals surface area (Å²) in [6.07, 6.45) is 1.70. The SMILES string of the molecule is CC(=O)c1ccc(NC(=O)N/C=C(\C)C(C)C)cc1. The van der Waals surface area contributed by atoms with E-state index in [1.165, 1.54) is 6.92 Å². The summed E-state index contributed by atoms with van der Waals surface area (Å²) >= 11 is 0. The van der Waals surface area contributed by atoms with Crippen LogP contribution < -0.4 is 10.6 Å². The first-order valence-corrected chi connectivity index (χ1v) is 6.25. The highest BCUT2D eigenvalue weighted by atomic mass is 16.2. The zero-order valence-electron chi connectivity index (χ0n) is 11.8. The molecular weight excluding hydrogens is 240 g/mol. The molecule has 0 bridgehead atoms. The number of carbonyl (C=O) groups is 2. The normalized spacial score (nSPS) is 11.3. The quantitative estimate of drug-likeness (QED) is 0.813. The van der Waals surface area contributed by atoms with Gasteiger partial charge >= 0.3 is 6.03 Å². The van der Waals surface area contributed by atoms with E-state index in [0.29, 0.717) is 17.2 Å². The summed E-state index contributed by atoms with van der Waals surface area (Å²) in [6, 6.07) is 6.49. The maximum Gasteiger partial charge on any atom is 0.323 e. The highest BCUT2D eigenvalue weighted by Crippen LogP contribution is 2.10. The van der Waals surface area contributed by atoms with Gasteiger partial charge in [-0.3, -0.25) is 4.79 Å². The second kappa shape index (κ2) is 6.73. The van der Waals surface area contributed by atoms with E-state index in [1.54, 1.807) is 30.5 Å². The van der Waals surface area contributed by atoms with Gasteiger partial charge in [0.1, 0.15) is 0 Å². The van der Waals surface area contributed by atoms with E-state index in [4.69, 9.17) is 0 Å². The van der Waals surface area contributed by atoms with Gasteiger partial charge in [-0.25, -0.2) is 4.79 Å². The third-order valence-corrected chi connectivity index (χ3v) is 2.89. The van der Waals surface area contributed by atoms with Gasteiger partial charge in [0.05, 0.1) is 0 Å². The molecule has 2 amide bonds. The summed E-state index contributed by atoms with van der Waals surface area (Å²) in [7, 11) is 0. The predicted molar refractivity (Wildman–Crippen MR) is 77.2 cm³/mol. The Hall–Kier alpha value is -2.10. The van der Waals surface area contributed by atoms with Crippen molar-refractivity contribution in [3.05, 3.63) is 41.6 Å². The Balaban J connectivity index is 2.58. The largest absolute Gasteiger partial charge is 0.323 e. The van der Waals surface area contributed by atoms with Crippen LogP contribution in [0.15, 0.2) is 36.0 Å². The Morgan fingerprint density at radius 1 is 1.11 bits per heavy atom. The molecule has 102 valence electrons. The minimum absolute atomic E-state index is 0.00601. The number of rotatable bonds is 4. The van der Waals surface area contributed by atoms with Gasteiger partial charge in [-0.15, -0.1) is 0 Å². The topological polar surface area (TPSA) is 58.2 Å².